The highest BCUT2D eigenvalue weighted by Crippen LogP contribution is 2.12. The molecule has 0 atom stereocenters. The number of amides is 1. The molecule has 0 spiro atoms. The second-order valence-electron chi connectivity index (χ2n) is 4.66. The molecule has 2 rings (SSSR count). The van der Waals surface area contributed by atoms with E-state index in [1.807, 2.05) is 11.5 Å². The predicted octanol–water partition coefficient (Wildman–Crippen LogP) is 2.55. The average molecular weight is 275 g/mol. The van der Waals surface area contributed by atoms with Crippen LogP contribution < -0.4 is 11.1 Å². The topological polar surface area (TPSA) is 60.0 Å². The molecule has 1 aromatic carbocycles. The van der Waals surface area contributed by atoms with Gasteiger partial charge in [0.15, 0.2) is 0 Å². The number of nitrogen functional groups attached to an aromatic ring is 1. The third-order valence-corrected chi connectivity index (χ3v) is 2.96. The fourth-order valence-electron chi connectivity index (χ4n) is 2.07. The first-order valence-corrected chi connectivity index (χ1v) is 6.58. The van der Waals surface area contributed by atoms with Crippen molar-refractivity contribution in [1.82, 2.24) is 9.88 Å². The van der Waals surface area contributed by atoms with Gasteiger partial charge in [-0.1, -0.05) is 19.1 Å². The molecule has 0 aliphatic heterocycles. The van der Waals surface area contributed by atoms with Crippen LogP contribution in [0.1, 0.15) is 29.4 Å². The molecule has 4 nitrogen and oxygen atoms in total. The van der Waals surface area contributed by atoms with Crippen molar-refractivity contribution in [3.05, 3.63) is 53.6 Å². The Morgan fingerprint density at radius 1 is 1.40 bits per heavy atom. The summed E-state index contributed by atoms with van der Waals surface area (Å²) in [4.78, 5) is 12.1. The van der Waals surface area contributed by atoms with Crippen LogP contribution in [0.25, 0.3) is 0 Å². The largest absolute Gasteiger partial charge is 0.397 e. The van der Waals surface area contributed by atoms with Gasteiger partial charge in [-0.3, -0.25) is 4.79 Å². The van der Waals surface area contributed by atoms with Crippen LogP contribution >= 0.6 is 0 Å². The number of carbonyl (C=O) groups excluding carboxylic acids is 1. The monoisotopic (exact) mass is 275 g/mol. The molecule has 20 heavy (non-hydrogen) atoms. The second-order valence-corrected chi connectivity index (χ2v) is 4.66. The van der Waals surface area contributed by atoms with Crippen molar-refractivity contribution in [3.8, 4) is 0 Å². The molecule has 0 radical (unpaired) electrons. The Kier molecular flexibility index (Phi) is 4.40. The maximum atomic E-state index is 13.0. The Morgan fingerprint density at radius 2 is 2.20 bits per heavy atom. The minimum Gasteiger partial charge on any atom is -0.397 e. The van der Waals surface area contributed by atoms with E-state index in [2.05, 4.69) is 5.32 Å². The van der Waals surface area contributed by atoms with Gasteiger partial charge in [-0.15, -0.1) is 0 Å². The molecule has 0 saturated heterocycles. The maximum absolute atomic E-state index is 13.0. The normalized spacial score (nSPS) is 10.5. The van der Waals surface area contributed by atoms with Crippen molar-refractivity contribution < 1.29 is 9.18 Å². The molecular weight excluding hydrogens is 257 g/mol. The van der Waals surface area contributed by atoms with Crippen LogP contribution in [0.5, 0.6) is 0 Å². The number of aryl methyl sites for hydroxylation is 1. The highest BCUT2D eigenvalue weighted by molar-refractivity contribution is 5.93. The Morgan fingerprint density at radius 3 is 2.90 bits per heavy atom. The SMILES string of the molecule is CCCn1cc(N)cc1C(=O)NCc1cccc(F)c1. The van der Waals surface area contributed by atoms with Crippen molar-refractivity contribution >= 4 is 11.6 Å². The number of nitrogens with one attached hydrogen (secondary N) is 1. The van der Waals surface area contributed by atoms with E-state index < -0.39 is 0 Å². The van der Waals surface area contributed by atoms with Crippen molar-refractivity contribution in [2.24, 2.45) is 0 Å². The lowest BCUT2D eigenvalue weighted by Gasteiger charge is -2.08. The summed E-state index contributed by atoms with van der Waals surface area (Å²) in [6.45, 7) is 3.05. The summed E-state index contributed by atoms with van der Waals surface area (Å²) in [5, 5.41) is 2.77. The molecule has 5 heteroatoms. The van der Waals surface area contributed by atoms with Crippen LogP contribution in [-0.4, -0.2) is 10.5 Å². The number of benzene rings is 1. The lowest BCUT2D eigenvalue weighted by molar-refractivity contribution is 0.0941. The Bertz CT molecular complexity index is 607. The van der Waals surface area contributed by atoms with Gasteiger partial charge < -0.3 is 15.6 Å². The molecule has 0 aliphatic rings. The van der Waals surface area contributed by atoms with Crippen LogP contribution in [0.4, 0.5) is 10.1 Å². The number of nitrogens with zero attached hydrogens (tertiary/aromatic N) is 1. The van der Waals surface area contributed by atoms with Crippen LogP contribution in [0.3, 0.4) is 0 Å². The van der Waals surface area contributed by atoms with Crippen molar-refractivity contribution in [2.75, 3.05) is 5.73 Å². The number of hydrogen-bond acceptors (Lipinski definition) is 2. The van der Waals surface area contributed by atoms with Crippen molar-refractivity contribution in [2.45, 2.75) is 26.4 Å². The number of nitrogens with two attached hydrogens (primary N) is 1. The van der Waals surface area contributed by atoms with Crippen LogP contribution in [0.2, 0.25) is 0 Å². The third-order valence-electron chi connectivity index (χ3n) is 2.96. The second kappa shape index (κ2) is 6.23. The zero-order valence-corrected chi connectivity index (χ0v) is 11.4. The standard InChI is InChI=1S/C15H18FN3O/c1-2-6-19-10-13(17)8-14(19)15(20)18-9-11-4-3-5-12(16)7-11/h3-5,7-8,10H,2,6,9,17H2,1H3,(H,18,20). The minimum atomic E-state index is -0.310. The molecule has 1 heterocycles. The molecule has 0 aliphatic carbocycles. The van der Waals surface area contributed by atoms with E-state index in [4.69, 9.17) is 5.73 Å². The Labute approximate surface area is 117 Å². The Balaban J connectivity index is 2.05. The van der Waals surface area contributed by atoms with Gasteiger partial charge in [0.25, 0.3) is 5.91 Å². The van der Waals surface area contributed by atoms with Gasteiger partial charge in [0, 0.05) is 19.3 Å². The summed E-state index contributed by atoms with van der Waals surface area (Å²) >= 11 is 0. The zero-order chi connectivity index (χ0) is 14.5. The molecule has 0 unspecified atom stereocenters. The predicted molar refractivity (Wildman–Crippen MR) is 76.7 cm³/mol. The number of halogens is 1. The summed E-state index contributed by atoms with van der Waals surface area (Å²) < 4.78 is 14.9. The van der Waals surface area contributed by atoms with Gasteiger partial charge in [-0.05, 0) is 30.2 Å². The van der Waals surface area contributed by atoms with Crippen molar-refractivity contribution in [3.63, 3.8) is 0 Å². The van der Waals surface area contributed by atoms with E-state index in [0.29, 0.717) is 11.4 Å². The average Bonchev–Trinajstić information content (AvgIpc) is 2.78. The van der Waals surface area contributed by atoms with Gasteiger partial charge >= 0.3 is 0 Å². The first kappa shape index (κ1) is 14.1. The number of anilines is 1. The Hall–Kier alpha value is -2.30. The lowest BCUT2D eigenvalue weighted by atomic mass is 10.2. The lowest BCUT2D eigenvalue weighted by Crippen LogP contribution is -2.25. The van der Waals surface area contributed by atoms with Gasteiger partial charge in [0.1, 0.15) is 11.5 Å². The highest BCUT2D eigenvalue weighted by atomic mass is 19.1. The van der Waals surface area contributed by atoms with Crippen molar-refractivity contribution in [1.29, 1.82) is 0 Å². The van der Waals surface area contributed by atoms with E-state index in [1.54, 1.807) is 24.4 Å². The summed E-state index contributed by atoms with van der Waals surface area (Å²) in [5.41, 5.74) is 7.54. The number of rotatable bonds is 5. The molecular formula is C15H18FN3O. The highest BCUT2D eigenvalue weighted by Gasteiger charge is 2.12. The smallest absolute Gasteiger partial charge is 0.268 e. The molecule has 2 aromatic rings. The van der Waals surface area contributed by atoms with Crippen LogP contribution in [-0.2, 0) is 13.1 Å². The fraction of sp³-hybridized carbons (Fsp3) is 0.267. The van der Waals surface area contributed by atoms with E-state index in [0.717, 1.165) is 18.5 Å². The van der Waals surface area contributed by atoms with E-state index in [-0.39, 0.29) is 18.3 Å². The molecule has 1 aromatic heterocycles. The quantitative estimate of drug-likeness (QED) is 0.881. The number of aromatic nitrogens is 1. The third kappa shape index (κ3) is 3.38. The summed E-state index contributed by atoms with van der Waals surface area (Å²) in [5.74, 6) is -0.519. The van der Waals surface area contributed by atoms with E-state index >= 15 is 0 Å². The molecule has 0 bridgehead atoms. The molecule has 0 saturated carbocycles. The molecule has 3 N–H and O–H groups in total. The van der Waals surface area contributed by atoms with E-state index in [1.165, 1.54) is 12.1 Å². The minimum absolute atomic E-state index is 0.209. The number of hydrogen-bond donors (Lipinski definition) is 2. The van der Waals surface area contributed by atoms with Crippen LogP contribution in [0, 0.1) is 5.82 Å². The summed E-state index contributed by atoms with van der Waals surface area (Å²) in [6.07, 6.45) is 2.67. The molecule has 106 valence electrons. The van der Waals surface area contributed by atoms with Gasteiger partial charge in [-0.25, -0.2) is 4.39 Å². The fourth-order valence-corrected chi connectivity index (χ4v) is 2.07. The van der Waals surface area contributed by atoms with Gasteiger partial charge in [0.05, 0.1) is 5.69 Å². The molecule has 0 fully saturated rings. The van der Waals surface area contributed by atoms with Gasteiger partial charge in [-0.2, -0.15) is 0 Å². The first-order chi connectivity index (χ1) is 9.60. The van der Waals surface area contributed by atoms with E-state index in [9.17, 15) is 9.18 Å². The van der Waals surface area contributed by atoms with Crippen LogP contribution in [0.15, 0.2) is 36.5 Å². The summed E-state index contributed by atoms with van der Waals surface area (Å²) in [7, 11) is 0. The molecule has 1 amide bonds. The maximum Gasteiger partial charge on any atom is 0.268 e. The summed E-state index contributed by atoms with van der Waals surface area (Å²) in [6, 6.07) is 7.81. The number of carbonyl (C=O) groups is 1. The van der Waals surface area contributed by atoms with Gasteiger partial charge in [0.2, 0.25) is 0 Å². The first-order valence-electron chi connectivity index (χ1n) is 6.58. The zero-order valence-electron chi connectivity index (χ0n) is 11.4.